The minimum Gasteiger partial charge on any atom is -0.319 e. The van der Waals surface area contributed by atoms with E-state index in [4.69, 9.17) is 0 Å². The lowest BCUT2D eigenvalue weighted by molar-refractivity contribution is -0.385. The molecule has 12 heteroatoms. The van der Waals surface area contributed by atoms with Crippen molar-refractivity contribution in [2.75, 3.05) is 5.32 Å². The van der Waals surface area contributed by atoms with Gasteiger partial charge < -0.3 is 5.32 Å². The van der Waals surface area contributed by atoms with Crippen molar-refractivity contribution in [1.29, 1.82) is 0 Å². The molecule has 0 atom stereocenters. The molecule has 3 rings (SSSR count). The SMILES string of the molecule is Cc1ccc(C(=O)Nc2c(C)nn(Cc3c(F)c(F)c(F)c(F)c3F)c2C)cc1[N+](=O)[O-]. The average molecular weight is 454 g/mol. The molecule has 0 saturated heterocycles. The summed E-state index contributed by atoms with van der Waals surface area (Å²) in [6.07, 6.45) is 0. The highest BCUT2D eigenvalue weighted by Crippen LogP contribution is 2.27. The second-order valence-electron chi connectivity index (χ2n) is 6.96. The third-order valence-corrected chi connectivity index (χ3v) is 4.90. The summed E-state index contributed by atoms with van der Waals surface area (Å²) in [5.74, 6) is -11.1. The number of halogens is 5. The van der Waals surface area contributed by atoms with Gasteiger partial charge in [-0.25, -0.2) is 22.0 Å². The van der Waals surface area contributed by atoms with Crippen molar-refractivity contribution in [2.24, 2.45) is 0 Å². The fourth-order valence-electron chi connectivity index (χ4n) is 3.10. The molecule has 0 radical (unpaired) electrons. The van der Waals surface area contributed by atoms with E-state index in [1.165, 1.54) is 32.9 Å². The summed E-state index contributed by atoms with van der Waals surface area (Å²) in [6, 6.07) is 3.87. The molecule has 1 aromatic heterocycles. The van der Waals surface area contributed by atoms with Crippen LogP contribution in [0, 0.1) is 60.0 Å². The van der Waals surface area contributed by atoms with E-state index in [2.05, 4.69) is 10.4 Å². The number of hydrogen-bond acceptors (Lipinski definition) is 4. The van der Waals surface area contributed by atoms with E-state index in [0.717, 1.165) is 10.7 Å². The molecule has 1 N–H and O–H groups in total. The number of carbonyl (C=O) groups is 1. The van der Waals surface area contributed by atoms with Crippen molar-refractivity contribution < 1.29 is 31.7 Å². The maximum Gasteiger partial charge on any atom is 0.273 e. The lowest BCUT2D eigenvalue weighted by Crippen LogP contribution is -2.15. The number of aromatic nitrogens is 2. The monoisotopic (exact) mass is 454 g/mol. The van der Waals surface area contributed by atoms with Gasteiger partial charge in [0.25, 0.3) is 11.6 Å². The summed E-state index contributed by atoms with van der Waals surface area (Å²) < 4.78 is 69.2. The normalized spacial score (nSPS) is 11.0. The van der Waals surface area contributed by atoms with Crippen LogP contribution in [0.15, 0.2) is 18.2 Å². The van der Waals surface area contributed by atoms with Gasteiger partial charge in [-0.05, 0) is 26.8 Å². The first kappa shape index (κ1) is 22.8. The molecular formula is C20H15F5N4O3. The van der Waals surface area contributed by atoms with Gasteiger partial charge in [-0.2, -0.15) is 5.10 Å². The number of nitrogens with one attached hydrogen (secondary N) is 1. The van der Waals surface area contributed by atoms with E-state index in [1.807, 2.05) is 0 Å². The van der Waals surface area contributed by atoms with Crippen LogP contribution in [-0.2, 0) is 6.54 Å². The number of nitro groups is 1. The molecule has 0 unspecified atom stereocenters. The van der Waals surface area contributed by atoms with Crippen LogP contribution in [0.25, 0.3) is 0 Å². The first-order valence-corrected chi connectivity index (χ1v) is 9.04. The molecule has 0 fully saturated rings. The van der Waals surface area contributed by atoms with E-state index in [9.17, 15) is 36.9 Å². The average Bonchev–Trinajstić information content (AvgIpc) is 3.01. The fraction of sp³-hybridized carbons (Fsp3) is 0.200. The number of hydrogen-bond donors (Lipinski definition) is 1. The Hall–Kier alpha value is -3.83. The van der Waals surface area contributed by atoms with Crippen LogP contribution in [0.1, 0.15) is 32.9 Å². The number of aryl methyl sites for hydroxylation is 2. The van der Waals surface area contributed by atoms with Gasteiger partial charge in [0.05, 0.1) is 34.1 Å². The van der Waals surface area contributed by atoms with Gasteiger partial charge in [0, 0.05) is 17.2 Å². The summed E-state index contributed by atoms with van der Waals surface area (Å²) in [5, 5.41) is 17.6. The number of carbonyl (C=O) groups excluding carboxylic acids is 1. The van der Waals surface area contributed by atoms with E-state index in [-0.39, 0.29) is 28.3 Å². The minimum atomic E-state index is -2.27. The molecule has 2 aromatic carbocycles. The highest BCUT2D eigenvalue weighted by atomic mass is 19.2. The van der Waals surface area contributed by atoms with Crippen LogP contribution in [0.4, 0.5) is 33.3 Å². The number of nitro benzene ring substituents is 1. The lowest BCUT2D eigenvalue weighted by atomic mass is 10.1. The van der Waals surface area contributed by atoms with Gasteiger partial charge in [0.2, 0.25) is 5.82 Å². The number of rotatable bonds is 5. The quantitative estimate of drug-likeness (QED) is 0.199. The highest BCUT2D eigenvalue weighted by molar-refractivity contribution is 6.05. The summed E-state index contributed by atoms with van der Waals surface area (Å²) >= 11 is 0. The second-order valence-corrected chi connectivity index (χ2v) is 6.96. The van der Waals surface area contributed by atoms with E-state index < -0.39 is 52.0 Å². The zero-order chi connectivity index (χ0) is 23.9. The predicted octanol–water partition coefficient (Wildman–Crippen LogP) is 4.71. The number of amides is 1. The van der Waals surface area contributed by atoms with Crippen LogP contribution in [-0.4, -0.2) is 20.6 Å². The Bertz CT molecular complexity index is 1240. The Balaban J connectivity index is 1.94. The molecule has 32 heavy (non-hydrogen) atoms. The van der Waals surface area contributed by atoms with Gasteiger partial charge >= 0.3 is 0 Å². The molecule has 1 amide bonds. The number of anilines is 1. The Morgan fingerprint density at radius 3 is 2.16 bits per heavy atom. The zero-order valence-corrected chi connectivity index (χ0v) is 16.9. The van der Waals surface area contributed by atoms with Gasteiger partial charge in [-0.3, -0.25) is 19.6 Å². The van der Waals surface area contributed by atoms with Crippen LogP contribution in [0.2, 0.25) is 0 Å². The molecule has 0 bridgehead atoms. The van der Waals surface area contributed by atoms with E-state index >= 15 is 0 Å². The van der Waals surface area contributed by atoms with E-state index in [1.54, 1.807) is 0 Å². The molecule has 0 spiro atoms. The first-order valence-electron chi connectivity index (χ1n) is 9.04. The van der Waals surface area contributed by atoms with Crippen molar-refractivity contribution in [2.45, 2.75) is 27.3 Å². The lowest BCUT2D eigenvalue weighted by Gasteiger charge is -2.10. The maximum atomic E-state index is 14.0. The second kappa shape index (κ2) is 8.36. The first-order chi connectivity index (χ1) is 14.9. The summed E-state index contributed by atoms with van der Waals surface area (Å²) in [6.45, 7) is 3.59. The predicted molar refractivity (Wildman–Crippen MR) is 103 cm³/mol. The van der Waals surface area contributed by atoms with Crippen LogP contribution < -0.4 is 5.32 Å². The molecular weight excluding hydrogens is 439 g/mol. The van der Waals surface area contributed by atoms with E-state index in [0.29, 0.717) is 5.56 Å². The summed E-state index contributed by atoms with van der Waals surface area (Å²) in [7, 11) is 0. The van der Waals surface area contributed by atoms with Gasteiger partial charge in [0.15, 0.2) is 23.3 Å². The fourth-order valence-corrected chi connectivity index (χ4v) is 3.10. The molecule has 0 aliphatic rings. The smallest absolute Gasteiger partial charge is 0.273 e. The molecule has 168 valence electrons. The zero-order valence-electron chi connectivity index (χ0n) is 16.9. The van der Waals surface area contributed by atoms with Crippen molar-refractivity contribution in [3.05, 3.63) is 85.5 Å². The highest BCUT2D eigenvalue weighted by Gasteiger charge is 2.27. The Kier molecular flexibility index (Phi) is 5.97. The van der Waals surface area contributed by atoms with Gasteiger partial charge in [-0.15, -0.1) is 0 Å². The molecule has 7 nitrogen and oxygen atoms in total. The number of benzene rings is 2. The van der Waals surface area contributed by atoms with Gasteiger partial charge in [-0.1, -0.05) is 6.07 Å². The summed E-state index contributed by atoms with van der Waals surface area (Å²) in [5.41, 5.74) is -0.514. The standard InChI is InChI=1S/C20H15F5N4O3/c1-8-4-5-11(6-13(8)29(31)32)20(30)26-19-9(2)27-28(10(19)3)7-12-14(21)16(23)18(25)17(24)15(12)22/h4-6H,7H2,1-3H3,(H,26,30). The molecule has 0 aliphatic heterocycles. The third kappa shape index (κ3) is 3.90. The van der Waals surface area contributed by atoms with Crippen LogP contribution >= 0.6 is 0 Å². The maximum absolute atomic E-state index is 14.0. The largest absolute Gasteiger partial charge is 0.319 e. The molecule has 3 aromatic rings. The Labute approximate surface area is 177 Å². The molecule has 0 saturated carbocycles. The molecule has 0 aliphatic carbocycles. The van der Waals surface area contributed by atoms with Crippen LogP contribution in [0.5, 0.6) is 0 Å². The van der Waals surface area contributed by atoms with Crippen molar-refractivity contribution in [3.8, 4) is 0 Å². The van der Waals surface area contributed by atoms with Crippen LogP contribution in [0.3, 0.4) is 0 Å². The number of nitrogens with zero attached hydrogens (tertiary/aromatic N) is 3. The molecule has 1 heterocycles. The topological polar surface area (TPSA) is 90.1 Å². The Morgan fingerprint density at radius 2 is 1.59 bits per heavy atom. The van der Waals surface area contributed by atoms with Crippen molar-refractivity contribution in [3.63, 3.8) is 0 Å². The van der Waals surface area contributed by atoms with Gasteiger partial charge in [0.1, 0.15) is 0 Å². The minimum absolute atomic E-state index is 0.0198. The summed E-state index contributed by atoms with van der Waals surface area (Å²) in [4.78, 5) is 23.0. The van der Waals surface area contributed by atoms with Crippen molar-refractivity contribution >= 4 is 17.3 Å². The third-order valence-electron chi connectivity index (χ3n) is 4.90. The Morgan fingerprint density at radius 1 is 1.03 bits per heavy atom. The van der Waals surface area contributed by atoms with Crippen molar-refractivity contribution in [1.82, 2.24) is 9.78 Å².